The molecule has 0 N–H and O–H groups in total. The van der Waals surface area contributed by atoms with Gasteiger partial charge in [0.2, 0.25) is 16.8 Å². The molecule has 9 nitrogen and oxygen atoms in total. The SMILES string of the molecule is CCc1nn2c(=O)cc(COC(=O)[C@H](C)N3C(=O)[C@H]4CC=CC[C@H]4C3=O)nc2s1. The largest absolute Gasteiger partial charge is 0.458 e. The van der Waals surface area contributed by atoms with Crippen molar-refractivity contribution >= 4 is 34.1 Å². The molecule has 3 heterocycles. The number of aryl methyl sites for hydroxylation is 1. The van der Waals surface area contributed by atoms with Crippen LogP contribution in [0.4, 0.5) is 0 Å². The number of carbonyl (C=O) groups is 3. The van der Waals surface area contributed by atoms with Gasteiger partial charge in [0.1, 0.15) is 17.7 Å². The zero-order valence-electron chi connectivity index (χ0n) is 16.0. The number of imide groups is 1. The van der Waals surface area contributed by atoms with Gasteiger partial charge in [-0.1, -0.05) is 30.4 Å². The molecule has 1 aliphatic carbocycles. The molecular formula is C19H20N4O5S. The minimum Gasteiger partial charge on any atom is -0.458 e. The fourth-order valence-electron chi connectivity index (χ4n) is 3.69. The molecule has 10 heteroatoms. The Morgan fingerprint density at radius 3 is 2.52 bits per heavy atom. The molecule has 0 radical (unpaired) electrons. The van der Waals surface area contributed by atoms with Gasteiger partial charge in [-0.25, -0.2) is 9.78 Å². The van der Waals surface area contributed by atoms with Gasteiger partial charge < -0.3 is 4.74 Å². The Morgan fingerprint density at radius 1 is 1.24 bits per heavy atom. The van der Waals surface area contributed by atoms with Crippen LogP contribution in [0.15, 0.2) is 23.0 Å². The molecule has 0 unspecified atom stereocenters. The number of ether oxygens (including phenoxy) is 1. The van der Waals surface area contributed by atoms with Crippen LogP contribution in [-0.4, -0.2) is 43.3 Å². The highest BCUT2D eigenvalue weighted by atomic mass is 32.1. The lowest BCUT2D eigenvalue weighted by Crippen LogP contribution is -2.44. The zero-order chi connectivity index (χ0) is 20.7. The molecule has 2 amide bonds. The van der Waals surface area contributed by atoms with Crippen LogP contribution in [0.25, 0.3) is 4.96 Å². The van der Waals surface area contributed by atoms with Crippen LogP contribution in [0.3, 0.4) is 0 Å². The first-order chi connectivity index (χ1) is 13.9. The summed E-state index contributed by atoms with van der Waals surface area (Å²) in [6.45, 7) is 3.18. The van der Waals surface area contributed by atoms with Crippen LogP contribution in [0.2, 0.25) is 0 Å². The fourth-order valence-corrected chi connectivity index (χ4v) is 4.55. The predicted molar refractivity (Wildman–Crippen MR) is 103 cm³/mol. The van der Waals surface area contributed by atoms with Gasteiger partial charge in [-0.2, -0.15) is 9.61 Å². The van der Waals surface area contributed by atoms with Gasteiger partial charge >= 0.3 is 5.97 Å². The molecule has 3 atom stereocenters. The number of esters is 1. The Labute approximate surface area is 170 Å². The number of amides is 2. The van der Waals surface area contributed by atoms with Gasteiger partial charge in [-0.15, -0.1) is 0 Å². The van der Waals surface area contributed by atoms with E-state index < -0.39 is 23.8 Å². The van der Waals surface area contributed by atoms with Crippen LogP contribution in [0.5, 0.6) is 0 Å². The quantitative estimate of drug-likeness (QED) is 0.408. The molecule has 2 aromatic heterocycles. The van der Waals surface area contributed by atoms with E-state index in [1.807, 2.05) is 19.1 Å². The second-order valence-electron chi connectivity index (χ2n) is 7.12. The van der Waals surface area contributed by atoms with Crippen molar-refractivity contribution in [1.29, 1.82) is 0 Å². The maximum absolute atomic E-state index is 12.6. The number of rotatable bonds is 5. The van der Waals surface area contributed by atoms with Gasteiger partial charge in [0.15, 0.2) is 0 Å². The zero-order valence-corrected chi connectivity index (χ0v) is 16.8. The van der Waals surface area contributed by atoms with E-state index >= 15 is 0 Å². The monoisotopic (exact) mass is 416 g/mol. The summed E-state index contributed by atoms with van der Waals surface area (Å²) in [5.41, 5.74) is -0.0645. The van der Waals surface area contributed by atoms with Gasteiger partial charge in [0.25, 0.3) is 5.56 Å². The number of hydrogen-bond acceptors (Lipinski definition) is 8. The van der Waals surface area contributed by atoms with E-state index in [9.17, 15) is 19.2 Å². The van der Waals surface area contributed by atoms with Crippen LogP contribution in [0.1, 0.15) is 37.4 Å². The molecule has 1 saturated heterocycles. The predicted octanol–water partition coefficient (Wildman–Crippen LogP) is 1.10. The van der Waals surface area contributed by atoms with E-state index in [2.05, 4.69) is 10.1 Å². The van der Waals surface area contributed by atoms with E-state index in [-0.39, 0.29) is 24.0 Å². The number of nitrogens with zero attached hydrogens (tertiary/aromatic N) is 4. The van der Waals surface area contributed by atoms with E-state index in [0.29, 0.717) is 29.9 Å². The topological polar surface area (TPSA) is 111 Å². The highest BCUT2D eigenvalue weighted by Gasteiger charge is 2.50. The second kappa shape index (κ2) is 7.51. The Hall–Kier alpha value is -2.88. The molecule has 4 rings (SSSR count). The summed E-state index contributed by atoms with van der Waals surface area (Å²) in [5, 5.41) is 4.94. The molecule has 0 bridgehead atoms. The summed E-state index contributed by atoms with van der Waals surface area (Å²) >= 11 is 1.30. The van der Waals surface area contributed by atoms with Crippen molar-refractivity contribution in [2.45, 2.75) is 45.8 Å². The van der Waals surface area contributed by atoms with Crippen molar-refractivity contribution in [3.63, 3.8) is 0 Å². The fraction of sp³-hybridized carbons (Fsp3) is 0.474. The minimum atomic E-state index is -1.03. The Morgan fingerprint density at radius 2 is 1.90 bits per heavy atom. The molecular weight excluding hydrogens is 396 g/mol. The number of likely N-dealkylation sites (tertiary alicyclic amines) is 1. The van der Waals surface area contributed by atoms with E-state index in [1.54, 1.807) is 0 Å². The van der Waals surface area contributed by atoms with Gasteiger partial charge in [0, 0.05) is 6.07 Å². The van der Waals surface area contributed by atoms with Crippen LogP contribution in [-0.2, 0) is 32.1 Å². The average molecular weight is 416 g/mol. The van der Waals surface area contributed by atoms with Gasteiger partial charge in [-0.3, -0.25) is 19.3 Å². The van der Waals surface area contributed by atoms with Gasteiger partial charge in [-0.05, 0) is 26.2 Å². The van der Waals surface area contributed by atoms with Gasteiger partial charge in [0.05, 0.1) is 17.5 Å². The third kappa shape index (κ3) is 3.37. The molecule has 0 spiro atoms. The van der Waals surface area contributed by atoms with Crippen molar-refractivity contribution in [1.82, 2.24) is 19.5 Å². The standard InChI is InChI=1S/C19H20N4O5S/c1-3-14-21-23-15(24)8-11(20-19(23)29-14)9-28-18(27)10(2)22-16(25)12-6-4-5-7-13(12)17(22)26/h4-5,8,10,12-13H,3,6-7,9H2,1-2H3/t10-,12-,13+/m0/s1. The minimum absolute atomic E-state index is 0.223. The summed E-state index contributed by atoms with van der Waals surface area (Å²) in [4.78, 5) is 55.6. The Bertz CT molecular complexity index is 1060. The van der Waals surface area contributed by atoms with E-state index in [0.717, 1.165) is 9.91 Å². The number of aromatic nitrogens is 3. The normalized spacial score (nSPS) is 22.2. The van der Waals surface area contributed by atoms with Crippen molar-refractivity contribution in [3.8, 4) is 0 Å². The van der Waals surface area contributed by atoms with Crippen LogP contribution < -0.4 is 5.56 Å². The molecule has 29 heavy (non-hydrogen) atoms. The number of carbonyl (C=O) groups excluding carboxylic acids is 3. The molecule has 0 saturated carbocycles. The number of fused-ring (bicyclic) bond motifs is 2. The maximum Gasteiger partial charge on any atom is 0.329 e. The molecule has 152 valence electrons. The summed E-state index contributed by atoms with van der Waals surface area (Å²) in [6.07, 6.45) is 5.49. The third-order valence-corrected chi connectivity index (χ3v) is 6.33. The smallest absolute Gasteiger partial charge is 0.329 e. The summed E-state index contributed by atoms with van der Waals surface area (Å²) in [7, 11) is 0. The summed E-state index contributed by atoms with van der Waals surface area (Å²) < 4.78 is 6.48. The highest BCUT2D eigenvalue weighted by Crippen LogP contribution is 2.36. The van der Waals surface area contributed by atoms with Crippen molar-refractivity contribution in [2.75, 3.05) is 0 Å². The maximum atomic E-state index is 12.6. The Kier molecular flexibility index (Phi) is 5.03. The lowest BCUT2D eigenvalue weighted by atomic mass is 9.85. The van der Waals surface area contributed by atoms with E-state index in [4.69, 9.17) is 4.74 Å². The number of hydrogen-bond donors (Lipinski definition) is 0. The van der Waals surface area contributed by atoms with E-state index in [1.165, 1.54) is 28.8 Å². The lowest BCUT2D eigenvalue weighted by molar-refractivity contribution is -0.159. The second-order valence-corrected chi connectivity index (χ2v) is 8.16. The number of allylic oxidation sites excluding steroid dienone is 2. The first kappa shape index (κ1) is 19.4. The lowest BCUT2D eigenvalue weighted by Gasteiger charge is -2.21. The van der Waals surface area contributed by atoms with Crippen molar-refractivity contribution in [3.05, 3.63) is 39.3 Å². The molecule has 0 aromatic carbocycles. The summed E-state index contributed by atoms with van der Waals surface area (Å²) in [5.74, 6) is -2.16. The third-order valence-electron chi connectivity index (χ3n) is 5.27. The molecule has 1 fully saturated rings. The first-order valence-electron chi connectivity index (χ1n) is 9.48. The Balaban J connectivity index is 1.46. The average Bonchev–Trinajstić information content (AvgIpc) is 3.25. The van der Waals surface area contributed by atoms with Crippen molar-refractivity contribution < 1.29 is 19.1 Å². The molecule has 1 aliphatic heterocycles. The van der Waals surface area contributed by atoms with Crippen LogP contribution >= 0.6 is 11.3 Å². The van der Waals surface area contributed by atoms with Crippen LogP contribution in [0, 0.1) is 11.8 Å². The highest BCUT2D eigenvalue weighted by molar-refractivity contribution is 7.16. The molecule has 2 aliphatic rings. The summed E-state index contributed by atoms with van der Waals surface area (Å²) in [6, 6.07) is 0.233. The molecule has 2 aromatic rings. The first-order valence-corrected chi connectivity index (χ1v) is 10.3. The van der Waals surface area contributed by atoms with Crippen molar-refractivity contribution in [2.24, 2.45) is 11.8 Å².